The molecule has 1 aliphatic carbocycles. The molecule has 0 amide bonds. The number of hydrogen-bond acceptors (Lipinski definition) is 1. The Morgan fingerprint density at radius 1 is 1.36 bits per heavy atom. The predicted octanol–water partition coefficient (Wildman–Crippen LogP) is 2.31. The smallest absolute Gasteiger partial charge is 0.0654 e. The van der Waals surface area contributed by atoms with Gasteiger partial charge in [-0.05, 0) is 26.2 Å². The molecule has 1 aliphatic rings. The molecule has 1 nitrogen and oxygen atoms in total. The Hall–Kier alpha value is 0.0249. The van der Waals surface area contributed by atoms with Gasteiger partial charge in [0.25, 0.3) is 0 Å². The Bertz CT molecular complexity index is 108. The lowest BCUT2D eigenvalue weighted by molar-refractivity contribution is -0.0256. The molecule has 62 valence electrons. The molecule has 1 fully saturated rings. The SMILES string of the molecule is [B]CCCOC1(C)CCCC1. The number of ether oxygens (including phenoxy) is 1. The van der Waals surface area contributed by atoms with Gasteiger partial charge in [0.05, 0.1) is 13.4 Å². The van der Waals surface area contributed by atoms with Gasteiger partial charge in [0.15, 0.2) is 0 Å². The third kappa shape index (κ3) is 2.86. The minimum absolute atomic E-state index is 0.190. The first-order valence-electron chi connectivity index (χ1n) is 4.61. The molecule has 0 atom stereocenters. The van der Waals surface area contributed by atoms with Crippen LogP contribution in [0.2, 0.25) is 6.32 Å². The molecule has 0 aliphatic heterocycles. The fourth-order valence-electron chi connectivity index (χ4n) is 1.67. The Kier molecular flexibility index (Phi) is 3.44. The summed E-state index contributed by atoms with van der Waals surface area (Å²) in [5, 5.41) is 0. The average Bonchev–Trinajstić information content (AvgIpc) is 2.38. The van der Waals surface area contributed by atoms with Crippen LogP contribution in [-0.4, -0.2) is 20.1 Å². The quantitative estimate of drug-likeness (QED) is 0.443. The average molecular weight is 152 g/mol. The van der Waals surface area contributed by atoms with E-state index in [1.807, 2.05) is 0 Å². The molecule has 0 saturated heterocycles. The fourth-order valence-corrected chi connectivity index (χ4v) is 1.67. The second-order valence-electron chi connectivity index (χ2n) is 3.65. The van der Waals surface area contributed by atoms with Crippen molar-refractivity contribution < 1.29 is 4.74 Å². The minimum atomic E-state index is 0.190. The van der Waals surface area contributed by atoms with E-state index in [1.54, 1.807) is 0 Å². The normalized spacial score (nSPS) is 22.3. The highest BCUT2D eigenvalue weighted by atomic mass is 16.5. The Morgan fingerprint density at radius 2 is 2.00 bits per heavy atom. The first-order chi connectivity index (χ1) is 5.27. The van der Waals surface area contributed by atoms with Crippen LogP contribution < -0.4 is 0 Å². The monoisotopic (exact) mass is 152 g/mol. The molecule has 0 heterocycles. The topological polar surface area (TPSA) is 9.23 Å². The largest absolute Gasteiger partial charge is 0.375 e. The van der Waals surface area contributed by atoms with Crippen LogP contribution in [0, 0.1) is 0 Å². The van der Waals surface area contributed by atoms with Crippen LogP contribution in [0.1, 0.15) is 39.0 Å². The van der Waals surface area contributed by atoms with Crippen molar-refractivity contribution in [1.82, 2.24) is 0 Å². The maximum absolute atomic E-state index is 5.75. The van der Waals surface area contributed by atoms with Crippen LogP contribution in [0.15, 0.2) is 0 Å². The third-order valence-electron chi connectivity index (χ3n) is 2.46. The van der Waals surface area contributed by atoms with Gasteiger partial charge in [-0.15, -0.1) is 0 Å². The summed E-state index contributed by atoms with van der Waals surface area (Å²) in [6.07, 6.45) is 6.87. The summed E-state index contributed by atoms with van der Waals surface area (Å²) in [5.74, 6) is 0. The molecule has 2 heteroatoms. The molecule has 2 radical (unpaired) electrons. The first kappa shape index (κ1) is 9.12. The molecule has 0 bridgehead atoms. The van der Waals surface area contributed by atoms with Gasteiger partial charge >= 0.3 is 0 Å². The summed E-state index contributed by atoms with van der Waals surface area (Å²) in [5.41, 5.74) is 0.190. The molecule has 0 aromatic carbocycles. The lowest BCUT2D eigenvalue weighted by Crippen LogP contribution is -2.24. The summed E-state index contributed by atoms with van der Waals surface area (Å²) < 4.78 is 5.75. The molecule has 11 heavy (non-hydrogen) atoms. The maximum atomic E-state index is 5.75. The van der Waals surface area contributed by atoms with E-state index in [0.717, 1.165) is 19.3 Å². The van der Waals surface area contributed by atoms with E-state index in [9.17, 15) is 0 Å². The lowest BCUT2D eigenvalue weighted by atomic mass is 10.0. The fraction of sp³-hybridized carbons (Fsp3) is 1.00. The highest BCUT2D eigenvalue weighted by Gasteiger charge is 2.28. The van der Waals surface area contributed by atoms with Crippen molar-refractivity contribution in [2.45, 2.75) is 50.9 Å². The van der Waals surface area contributed by atoms with Gasteiger partial charge in [0.1, 0.15) is 0 Å². The van der Waals surface area contributed by atoms with Crippen LogP contribution >= 0.6 is 0 Å². The molecule has 0 aromatic rings. The first-order valence-corrected chi connectivity index (χ1v) is 4.61. The van der Waals surface area contributed by atoms with Crippen molar-refractivity contribution in [3.8, 4) is 0 Å². The van der Waals surface area contributed by atoms with Crippen LogP contribution in [0.25, 0.3) is 0 Å². The Morgan fingerprint density at radius 3 is 2.55 bits per heavy atom. The number of hydrogen-bond donors (Lipinski definition) is 0. The van der Waals surface area contributed by atoms with E-state index >= 15 is 0 Å². The molecular formula is C9H17BO. The van der Waals surface area contributed by atoms with Crippen LogP contribution in [-0.2, 0) is 4.74 Å². The molecule has 1 rings (SSSR count). The highest BCUT2D eigenvalue weighted by Crippen LogP contribution is 2.32. The van der Waals surface area contributed by atoms with Crippen LogP contribution in [0.5, 0.6) is 0 Å². The summed E-state index contributed by atoms with van der Waals surface area (Å²) in [6.45, 7) is 3.06. The van der Waals surface area contributed by atoms with Crippen molar-refractivity contribution in [3.63, 3.8) is 0 Å². The van der Waals surface area contributed by atoms with Crippen molar-refractivity contribution in [3.05, 3.63) is 0 Å². The third-order valence-corrected chi connectivity index (χ3v) is 2.46. The van der Waals surface area contributed by atoms with Gasteiger partial charge in [0, 0.05) is 6.61 Å². The van der Waals surface area contributed by atoms with Crippen molar-refractivity contribution in [1.29, 1.82) is 0 Å². The number of rotatable bonds is 4. The molecule has 0 spiro atoms. The summed E-state index contributed by atoms with van der Waals surface area (Å²) >= 11 is 0. The van der Waals surface area contributed by atoms with Gasteiger partial charge in [0.2, 0.25) is 0 Å². The van der Waals surface area contributed by atoms with E-state index in [-0.39, 0.29) is 5.60 Å². The molecular weight excluding hydrogens is 135 g/mol. The lowest BCUT2D eigenvalue weighted by Gasteiger charge is -2.23. The zero-order chi connectivity index (χ0) is 8.16. The maximum Gasteiger partial charge on any atom is 0.0654 e. The second-order valence-corrected chi connectivity index (χ2v) is 3.65. The van der Waals surface area contributed by atoms with Crippen molar-refractivity contribution >= 4 is 7.85 Å². The van der Waals surface area contributed by atoms with E-state index in [4.69, 9.17) is 12.6 Å². The van der Waals surface area contributed by atoms with Gasteiger partial charge in [-0.3, -0.25) is 0 Å². The van der Waals surface area contributed by atoms with Gasteiger partial charge in [-0.25, -0.2) is 0 Å². The zero-order valence-corrected chi connectivity index (χ0v) is 7.44. The second kappa shape index (κ2) is 4.15. The summed E-state index contributed by atoms with van der Waals surface area (Å²) in [6, 6.07) is 0. The summed E-state index contributed by atoms with van der Waals surface area (Å²) in [4.78, 5) is 0. The predicted molar refractivity (Wildman–Crippen MR) is 48.0 cm³/mol. The van der Waals surface area contributed by atoms with Crippen molar-refractivity contribution in [2.24, 2.45) is 0 Å². The molecule has 0 unspecified atom stereocenters. The summed E-state index contributed by atoms with van der Waals surface area (Å²) in [7, 11) is 5.38. The van der Waals surface area contributed by atoms with Gasteiger partial charge in [-0.2, -0.15) is 0 Å². The Labute approximate surface area is 70.9 Å². The molecule has 1 saturated carbocycles. The van der Waals surface area contributed by atoms with Crippen LogP contribution in [0.4, 0.5) is 0 Å². The van der Waals surface area contributed by atoms with Crippen LogP contribution in [0.3, 0.4) is 0 Å². The minimum Gasteiger partial charge on any atom is -0.375 e. The van der Waals surface area contributed by atoms with E-state index < -0.39 is 0 Å². The standard InChI is InChI=1S/C9H17BO/c1-9(5-2-3-6-9)11-8-4-7-10/h2-8H2,1H3. The van der Waals surface area contributed by atoms with Gasteiger partial charge < -0.3 is 4.74 Å². The van der Waals surface area contributed by atoms with E-state index in [0.29, 0.717) is 0 Å². The van der Waals surface area contributed by atoms with E-state index in [1.165, 1.54) is 25.7 Å². The van der Waals surface area contributed by atoms with Gasteiger partial charge in [-0.1, -0.05) is 19.2 Å². The van der Waals surface area contributed by atoms with E-state index in [2.05, 4.69) is 6.92 Å². The Balaban J connectivity index is 2.13. The molecule has 0 N–H and O–H groups in total. The highest BCUT2D eigenvalue weighted by molar-refractivity contribution is 6.08. The zero-order valence-electron chi connectivity index (χ0n) is 7.44. The van der Waals surface area contributed by atoms with Crippen molar-refractivity contribution in [2.75, 3.05) is 6.61 Å². The molecule has 0 aromatic heterocycles.